The molecule has 0 bridgehead atoms. The van der Waals surface area contributed by atoms with E-state index in [1.165, 1.54) is 22.5 Å². The standard InChI is InChI=1S/C14H19N3O2S/c1-14(2)5-7-17(8-6-14)20(18,19)13-4-3-11(10-15)9-12(13)16/h3-4,9H,5-8,16H2,1-2H3. The second kappa shape index (κ2) is 5.08. The van der Waals surface area contributed by atoms with Gasteiger partial charge in [0.25, 0.3) is 0 Å². The summed E-state index contributed by atoms with van der Waals surface area (Å²) in [7, 11) is -3.57. The van der Waals surface area contributed by atoms with Crippen LogP contribution in [0.15, 0.2) is 23.1 Å². The zero-order valence-electron chi connectivity index (χ0n) is 11.8. The lowest BCUT2D eigenvalue weighted by atomic mass is 9.83. The third-order valence-electron chi connectivity index (χ3n) is 3.83. The van der Waals surface area contributed by atoms with Gasteiger partial charge in [0.15, 0.2) is 0 Å². The fourth-order valence-electron chi connectivity index (χ4n) is 2.32. The van der Waals surface area contributed by atoms with Crippen LogP contribution in [-0.4, -0.2) is 25.8 Å². The first-order chi connectivity index (χ1) is 9.26. The van der Waals surface area contributed by atoms with Crippen LogP contribution >= 0.6 is 0 Å². The molecule has 0 aromatic heterocycles. The molecule has 5 nitrogen and oxygen atoms in total. The van der Waals surface area contributed by atoms with Gasteiger partial charge in [0.1, 0.15) is 4.90 Å². The Hall–Kier alpha value is -1.58. The quantitative estimate of drug-likeness (QED) is 0.844. The normalized spacial score (nSPS) is 19.4. The van der Waals surface area contributed by atoms with Gasteiger partial charge in [-0.15, -0.1) is 0 Å². The minimum atomic E-state index is -3.57. The van der Waals surface area contributed by atoms with Gasteiger partial charge in [0, 0.05) is 13.1 Å². The fourth-order valence-corrected chi connectivity index (χ4v) is 3.86. The molecule has 0 unspecified atom stereocenters. The van der Waals surface area contributed by atoms with Crippen molar-refractivity contribution in [1.82, 2.24) is 4.31 Å². The average Bonchev–Trinajstić information content (AvgIpc) is 2.37. The Balaban J connectivity index is 2.30. The molecular weight excluding hydrogens is 274 g/mol. The maximum absolute atomic E-state index is 12.6. The molecule has 0 saturated carbocycles. The molecule has 1 aliphatic heterocycles. The van der Waals surface area contributed by atoms with Crippen molar-refractivity contribution in [3.63, 3.8) is 0 Å². The van der Waals surface area contributed by atoms with E-state index in [0.717, 1.165) is 12.8 Å². The van der Waals surface area contributed by atoms with Crippen molar-refractivity contribution in [3.05, 3.63) is 23.8 Å². The lowest BCUT2D eigenvalue weighted by Crippen LogP contribution is -2.41. The highest BCUT2D eigenvalue weighted by atomic mass is 32.2. The van der Waals surface area contributed by atoms with Gasteiger partial charge in [-0.1, -0.05) is 13.8 Å². The highest BCUT2D eigenvalue weighted by Gasteiger charge is 2.33. The minimum absolute atomic E-state index is 0.0937. The number of rotatable bonds is 2. The van der Waals surface area contributed by atoms with Crippen LogP contribution in [0.3, 0.4) is 0 Å². The predicted molar refractivity (Wildman–Crippen MR) is 77.3 cm³/mol. The van der Waals surface area contributed by atoms with E-state index in [0.29, 0.717) is 18.7 Å². The topological polar surface area (TPSA) is 87.2 Å². The molecule has 1 fully saturated rings. The first-order valence-corrected chi connectivity index (χ1v) is 8.00. The molecule has 0 aliphatic carbocycles. The van der Waals surface area contributed by atoms with E-state index >= 15 is 0 Å². The molecule has 1 heterocycles. The molecule has 0 amide bonds. The van der Waals surface area contributed by atoms with Crippen LogP contribution in [0.2, 0.25) is 0 Å². The van der Waals surface area contributed by atoms with Gasteiger partial charge in [-0.25, -0.2) is 8.42 Å². The highest BCUT2D eigenvalue weighted by Crippen LogP contribution is 2.33. The molecule has 2 N–H and O–H groups in total. The molecule has 0 spiro atoms. The summed E-state index contributed by atoms with van der Waals surface area (Å²) in [4.78, 5) is 0.0937. The minimum Gasteiger partial charge on any atom is -0.398 e. The van der Waals surface area contributed by atoms with E-state index in [4.69, 9.17) is 11.0 Å². The van der Waals surface area contributed by atoms with Crippen molar-refractivity contribution in [3.8, 4) is 6.07 Å². The number of benzene rings is 1. The molecular formula is C14H19N3O2S. The fraction of sp³-hybridized carbons (Fsp3) is 0.500. The van der Waals surface area contributed by atoms with Crippen molar-refractivity contribution in [1.29, 1.82) is 5.26 Å². The predicted octanol–water partition coefficient (Wildman–Crippen LogP) is 1.95. The van der Waals surface area contributed by atoms with Crippen LogP contribution in [0.5, 0.6) is 0 Å². The van der Waals surface area contributed by atoms with Crippen LogP contribution in [0.4, 0.5) is 5.69 Å². The Bertz CT molecular complexity index is 649. The van der Waals surface area contributed by atoms with Crippen molar-refractivity contribution in [2.24, 2.45) is 5.41 Å². The van der Waals surface area contributed by atoms with Crippen LogP contribution < -0.4 is 5.73 Å². The van der Waals surface area contributed by atoms with Gasteiger partial charge in [-0.05, 0) is 36.5 Å². The number of hydrogen-bond donors (Lipinski definition) is 1. The van der Waals surface area contributed by atoms with Gasteiger partial charge >= 0.3 is 0 Å². The van der Waals surface area contributed by atoms with Crippen LogP contribution in [-0.2, 0) is 10.0 Å². The molecule has 1 aromatic rings. The molecule has 6 heteroatoms. The summed E-state index contributed by atoms with van der Waals surface area (Å²) in [5, 5.41) is 8.80. The third kappa shape index (κ3) is 2.79. The second-order valence-electron chi connectivity index (χ2n) is 5.93. The maximum atomic E-state index is 12.6. The van der Waals surface area contributed by atoms with Gasteiger partial charge < -0.3 is 5.73 Å². The van der Waals surface area contributed by atoms with E-state index in [2.05, 4.69) is 13.8 Å². The highest BCUT2D eigenvalue weighted by molar-refractivity contribution is 7.89. The summed E-state index contributed by atoms with van der Waals surface area (Å²) in [5.41, 5.74) is 6.46. The lowest BCUT2D eigenvalue weighted by molar-refractivity contribution is 0.196. The van der Waals surface area contributed by atoms with E-state index in [-0.39, 0.29) is 16.0 Å². The van der Waals surface area contributed by atoms with Crippen molar-refractivity contribution < 1.29 is 8.42 Å². The van der Waals surface area contributed by atoms with Gasteiger partial charge in [0.2, 0.25) is 10.0 Å². The number of nitriles is 1. The zero-order valence-corrected chi connectivity index (χ0v) is 12.6. The molecule has 0 atom stereocenters. The van der Waals surface area contributed by atoms with E-state index in [9.17, 15) is 8.42 Å². The number of nitrogens with two attached hydrogens (primary N) is 1. The number of anilines is 1. The number of nitrogen functional groups attached to an aromatic ring is 1. The summed E-state index contributed by atoms with van der Waals surface area (Å²) in [6.07, 6.45) is 1.67. The summed E-state index contributed by atoms with van der Waals surface area (Å²) in [6.45, 7) is 5.31. The Kier molecular flexibility index (Phi) is 3.76. The van der Waals surface area contributed by atoms with Gasteiger partial charge in [-0.3, -0.25) is 0 Å². The summed E-state index contributed by atoms with van der Waals surface area (Å²) in [6, 6.07) is 6.25. The molecule has 20 heavy (non-hydrogen) atoms. The Morgan fingerprint density at radius 1 is 1.30 bits per heavy atom. The molecule has 2 rings (SSSR count). The summed E-state index contributed by atoms with van der Waals surface area (Å²) in [5.74, 6) is 0. The van der Waals surface area contributed by atoms with Crippen LogP contribution in [0.25, 0.3) is 0 Å². The smallest absolute Gasteiger partial charge is 0.245 e. The number of piperidine rings is 1. The van der Waals surface area contributed by atoms with Crippen molar-refractivity contribution in [2.45, 2.75) is 31.6 Å². The van der Waals surface area contributed by atoms with Gasteiger partial charge in [0.05, 0.1) is 17.3 Å². The number of sulfonamides is 1. The molecule has 1 saturated heterocycles. The number of nitrogens with zero attached hydrogens (tertiary/aromatic N) is 2. The lowest BCUT2D eigenvalue weighted by Gasteiger charge is -2.36. The first kappa shape index (κ1) is 14.8. The first-order valence-electron chi connectivity index (χ1n) is 6.56. The molecule has 0 radical (unpaired) electrons. The van der Waals surface area contributed by atoms with E-state index < -0.39 is 10.0 Å². The van der Waals surface area contributed by atoms with Crippen molar-refractivity contribution >= 4 is 15.7 Å². The maximum Gasteiger partial charge on any atom is 0.245 e. The largest absolute Gasteiger partial charge is 0.398 e. The van der Waals surface area contributed by atoms with Gasteiger partial charge in [-0.2, -0.15) is 9.57 Å². The molecule has 1 aromatic carbocycles. The molecule has 108 valence electrons. The average molecular weight is 293 g/mol. The molecule has 1 aliphatic rings. The Labute approximate surface area is 120 Å². The number of hydrogen-bond acceptors (Lipinski definition) is 4. The summed E-state index contributed by atoms with van der Waals surface area (Å²) >= 11 is 0. The zero-order chi connectivity index (χ0) is 15.0. The Morgan fingerprint density at radius 2 is 1.90 bits per heavy atom. The third-order valence-corrected chi connectivity index (χ3v) is 5.81. The van der Waals surface area contributed by atoms with Crippen molar-refractivity contribution in [2.75, 3.05) is 18.8 Å². The van der Waals surface area contributed by atoms with E-state index in [1.807, 2.05) is 6.07 Å². The Morgan fingerprint density at radius 3 is 2.40 bits per heavy atom. The summed E-state index contributed by atoms with van der Waals surface area (Å²) < 4.78 is 26.6. The SMILES string of the molecule is CC1(C)CCN(S(=O)(=O)c2ccc(C#N)cc2N)CC1. The van der Waals surface area contributed by atoms with Crippen LogP contribution in [0.1, 0.15) is 32.3 Å². The van der Waals surface area contributed by atoms with Crippen LogP contribution in [0, 0.1) is 16.7 Å². The monoisotopic (exact) mass is 293 g/mol. The van der Waals surface area contributed by atoms with E-state index in [1.54, 1.807) is 0 Å². The second-order valence-corrected chi connectivity index (χ2v) is 7.84.